The van der Waals surface area contributed by atoms with Crippen molar-refractivity contribution in [3.63, 3.8) is 0 Å². The summed E-state index contributed by atoms with van der Waals surface area (Å²) >= 11 is 0. The second-order valence-corrected chi connectivity index (χ2v) is 3.88. The van der Waals surface area contributed by atoms with Crippen LogP contribution in [0.1, 0.15) is 12.5 Å². The minimum absolute atomic E-state index is 0.0126. The van der Waals surface area contributed by atoms with Crippen LogP contribution in [-0.2, 0) is 6.42 Å². The Kier molecular flexibility index (Phi) is 4.31. The molecule has 0 bridgehead atoms. The molecule has 2 aromatic rings. The molecule has 5 nitrogen and oxygen atoms in total. The SMILES string of the molecule is CCc1cnc(/N=C/NO)nc1-c1c(F)cccc1F. The molecule has 0 saturated heterocycles. The number of hydrogen-bond acceptors (Lipinski definition) is 4. The molecular formula is C13H12F2N4O. The molecule has 0 fully saturated rings. The number of hydrogen-bond donors (Lipinski definition) is 2. The molecule has 104 valence electrons. The molecule has 1 aromatic carbocycles. The van der Waals surface area contributed by atoms with Crippen LogP contribution in [0.5, 0.6) is 0 Å². The molecule has 0 radical (unpaired) electrons. The molecule has 2 rings (SSSR count). The molecule has 0 amide bonds. The van der Waals surface area contributed by atoms with Gasteiger partial charge in [-0.05, 0) is 24.1 Å². The predicted octanol–water partition coefficient (Wildman–Crippen LogP) is 2.62. The van der Waals surface area contributed by atoms with Crippen LogP contribution in [0.3, 0.4) is 0 Å². The van der Waals surface area contributed by atoms with Gasteiger partial charge in [-0.3, -0.25) is 10.7 Å². The van der Waals surface area contributed by atoms with Gasteiger partial charge in [0.05, 0.1) is 11.3 Å². The smallest absolute Gasteiger partial charge is 0.251 e. The lowest BCUT2D eigenvalue weighted by atomic mass is 10.0. The summed E-state index contributed by atoms with van der Waals surface area (Å²) in [6.07, 6.45) is 2.94. The van der Waals surface area contributed by atoms with Crippen molar-refractivity contribution in [3.8, 4) is 11.3 Å². The molecular weight excluding hydrogens is 266 g/mol. The Labute approximate surface area is 114 Å². The number of aryl methyl sites for hydroxylation is 1. The number of benzene rings is 1. The second-order valence-electron chi connectivity index (χ2n) is 3.88. The van der Waals surface area contributed by atoms with Crippen LogP contribution in [0.4, 0.5) is 14.7 Å². The quantitative estimate of drug-likeness (QED) is 0.512. The highest BCUT2D eigenvalue weighted by Crippen LogP contribution is 2.28. The van der Waals surface area contributed by atoms with E-state index in [9.17, 15) is 8.78 Å². The monoisotopic (exact) mass is 278 g/mol. The van der Waals surface area contributed by atoms with E-state index >= 15 is 0 Å². The van der Waals surface area contributed by atoms with Gasteiger partial charge in [-0.2, -0.15) is 4.99 Å². The number of nitrogens with one attached hydrogen (secondary N) is 1. The number of aromatic nitrogens is 2. The van der Waals surface area contributed by atoms with E-state index in [2.05, 4.69) is 15.0 Å². The average molecular weight is 278 g/mol. The Balaban J connectivity index is 2.61. The Morgan fingerprint density at radius 3 is 2.65 bits per heavy atom. The van der Waals surface area contributed by atoms with Gasteiger partial charge in [-0.1, -0.05) is 13.0 Å². The van der Waals surface area contributed by atoms with Crippen LogP contribution in [0.2, 0.25) is 0 Å². The Bertz CT molecular complexity index is 626. The van der Waals surface area contributed by atoms with E-state index in [-0.39, 0.29) is 17.2 Å². The fourth-order valence-electron chi connectivity index (χ4n) is 1.75. The first-order chi connectivity index (χ1) is 9.67. The molecule has 0 unspecified atom stereocenters. The summed E-state index contributed by atoms with van der Waals surface area (Å²) in [6, 6.07) is 3.62. The lowest BCUT2D eigenvalue weighted by Crippen LogP contribution is -2.03. The molecule has 0 aliphatic carbocycles. The third-order valence-corrected chi connectivity index (χ3v) is 2.67. The van der Waals surface area contributed by atoms with Gasteiger partial charge in [0, 0.05) is 6.20 Å². The molecule has 1 aromatic heterocycles. The van der Waals surface area contributed by atoms with Crippen LogP contribution >= 0.6 is 0 Å². The third-order valence-electron chi connectivity index (χ3n) is 2.67. The summed E-state index contributed by atoms with van der Waals surface area (Å²) < 4.78 is 27.7. The molecule has 20 heavy (non-hydrogen) atoms. The number of halogens is 2. The molecule has 0 spiro atoms. The lowest BCUT2D eigenvalue weighted by Gasteiger charge is -2.09. The van der Waals surface area contributed by atoms with Gasteiger partial charge in [-0.15, -0.1) is 0 Å². The number of nitrogens with zero attached hydrogens (tertiary/aromatic N) is 3. The predicted molar refractivity (Wildman–Crippen MR) is 69.8 cm³/mol. The maximum Gasteiger partial charge on any atom is 0.251 e. The number of aliphatic imine (C=N–C) groups is 1. The Morgan fingerprint density at radius 2 is 2.05 bits per heavy atom. The van der Waals surface area contributed by atoms with Gasteiger partial charge < -0.3 is 0 Å². The van der Waals surface area contributed by atoms with E-state index in [1.807, 2.05) is 6.92 Å². The van der Waals surface area contributed by atoms with Crippen molar-refractivity contribution in [2.24, 2.45) is 4.99 Å². The van der Waals surface area contributed by atoms with E-state index in [1.54, 1.807) is 5.48 Å². The first-order valence-electron chi connectivity index (χ1n) is 5.89. The van der Waals surface area contributed by atoms with E-state index in [0.29, 0.717) is 12.0 Å². The van der Waals surface area contributed by atoms with E-state index in [1.165, 1.54) is 12.3 Å². The molecule has 2 N–H and O–H groups in total. The summed E-state index contributed by atoms with van der Waals surface area (Å²) in [7, 11) is 0. The first-order valence-corrected chi connectivity index (χ1v) is 5.89. The standard InChI is InChI=1S/C13H12F2N4O/c1-2-8-6-16-13(17-7-18-20)19-12(8)11-9(14)4-3-5-10(11)15/h3-7,20H,2H2,1H3,(H,16,17,18,19). The van der Waals surface area contributed by atoms with Crippen molar-refractivity contribution in [2.45, 2.75) is 13.3 Å². The zero-order valence-electron chi connectivity index (χ0n) is 10.6. The van der Waals surface area contributed by atoms with Crippen molar-refractivity contribution in [1.29, 1.82) is 0 Å². The molecule has 1 heterocycles. The summed E-state index contributed by atoms with van der Waals surface area (Å²) in [5.74, 6) is -1.41. The maximum absolute atomic E-state index is 13.8. The van der Waals surface area contributed by atoms with E-state index in [4.69, 9.17) is 5.21 Å². The second kappa shape index (κ2) is 6.16. The molecule has 7 heteroatoms. The van der Waals surface area contributed by atoms with Gasteiger partial charge in [0.25, 0.3) is 5.95 Å². The van der Waals surface area contributed by atoms with Crippen LogP contribution in [0.25, 0.3) is 11.3 Å². The lowest BCUT2D eigenvalue weighted by molar-refractivity contribution is 0.240. The van der Waals surface area contributed by atoms with E-state index < -0.39 is 11.6 Å². The average Bonchev–Trinajstić information content (AvgIpc) is 2.45. The Morgan fingerprint density at radius 1 is 1.35 bits per heavy atom. The molecule has 0 atom stereocenters. The van der Waals surface area contributed by atoms with Gasteiger partial charge in [0.2, 0.25) is 0 Å². The van der Waals surface area contributed by atoms with Crippen molar-refractivity contribution in [1.82, 2.24) is 15.4 Å². The van der Waals surface area contributed by atoms with Crippen LogP contribution < -0.4 is 5.48 Å². The van der Waals surface area contributed by atoms with Crippen molar-refractivity contribution < 1.29 is 14.0 Å². The van der Waals surface area contributed by atoms with Gasteiger partial charge in [0.15, 0.2) is 0 Å². The summed E-state index contributed by atoms with van der Waals surface area (Å²) in [5.41, 5.74) is 2.26. The summed E-state index contributed by atoms with van der Waals surface area (Å²) in [4.78, 5) is 11.7. The largest absolute Gasteiger partial charge is 0.290 e. The fraction of sp³-hybridized carbons (Fsp3) is 0.154. The normalized spacial score (nSPS) is 11.0. The summed E-state index contributed by atoms with van der Waals surface area (Å²) in [5, 5.41) is 8.43. The number of rotatable bonds is 4. The van der Waals surface area contributed by atoms with Gasteiger partial charge in [-0.25, -0.2) is 18.7 Å². The highest BCUT2D eigenvalue weighted by molar-refractivity contribution is 5.66. The molecule has 0 saturated carbocycles. The zero-order chi connectivity index (χ0) is 14.5. The summed E-state index contributed by atoms with van der Waals surface area (Å²) in [6.45, 7) is 1.83. The van der Waals surface area contributed by atoms with Gasteiger partial charge in [0.1, 0.15) is 18.0 Å². The molecule has 0 aliphatic heterocycles. The van der Waals surface area contributed by atoms with Crippen molar-refractivity contribution in [3.05, 3.63) is 41.6 Å². The minimum atomic E-state index is -0.700. The van der Waals surface area contributed by atoms with E-state index in [0.717, 1.165) is 18.5 Å². The van der Waals surface area contributed by atoms with Crippen molar-refractivity contribution >= 4 is 12.3 Å². The highest BCUT2D eigenvalue weighted by Gasteiger charge is 2.16. The first kappa shape index (κ1) is 14.0. The van der Waals surface area contributed by atoms with Crippen LogP contribution in [0.15, 0.2) is 29.4 Å². The number of hydroxylamine groups is 1. The maximum atomic E-state index is 13.8. The molecule has 0 aliphatic rings. The van der Waals surface area contributed by atoms with Crippen LogP contribution in [-0.4, -0.2) is 21.5 Å². The topological polar surface area (TPSA) is 70.4 Å². The minimum Gasteiger partial charge on any atom is -0.290 e. The highest BCUT2D eigenvalue weighted by atomic mass is 19.1. The van der Waals surface area contributed by atoms with Gasteiger partial charge >= 0.3 is 0 Å². The fourth-order valence-corrected chi connectivity index (χ4v) is 1.75. The third kappa shape index (κ3) is 2.77. The van der Waals surface area contributed by atoms with Crippen LogP contribution in [0, 0.1) is 11.6 Å². The van der Waals surface area contributed by atoms with Crippen molar-refractivity contribution in [2.75, 3.05) is 0 Å². The Hall–Kier alpha value is -2.41. The zero-order valence-corrected chi connectivity index (χ0v) is 10.6.